The number of carbonyl (C=O) groups is 1. The van der Waals surface area contributed by atoms with E-state index in [2.05, 4.69) is 5.10 Å². The fourth-order valence-corrected chi connectivity index (χ4v) is 1.80. The van der Waals surface area contributed by atoms with Crippen LogP contribution in [0.3, 0.4) is 0 Å². The maximum Gasteiger partial charge on any atom is 0.325 e. The molecule has 0 saturated heterocycles. The van der Waals surface area contributed by atoms with Crippen molar-refractivity contribution in [1.82, 2.24) is 9.78 Å². The van der Waals surface area contributed by atoms with Crippen molar-refractivity contribution in [2.24, 2.45) is 0 Å². The van der Waals surface area contributed by atoms with Gasteiger partial charge < -0.3 is 5.11 Å². The molecule has 2 aromatic rings. The van der Waals surface area contributed by atoms with Gasteiger partial charge in [-0.05, 0) is 17.5 Å². The first-order valence-electron chi connectivity index (χ1n) is 4.03. The molecular weight excluding hydrogens is 200 g/mol. The molecular formula is C9H8N2O2S. The highest BCUT2D eigenvalue weighted by molar-refractivity contribution is 7.08. The minimum Gasteiger partial charge on any atom is -0.480 e. The van der Waals surface area contributed by atoms with Crippen LogP contribution in [-0.4, -0.2) is 20.9 Å². The highest BCUT2D eigenvalue weighted by Crippen LogP contribution is 2.19. The van der Waals surface area contributed by atoms with Gasteiger partial charge in [0.1, 0.15) is 6.54 Å². The molecule has 0 bridgehead atoms. The summed E-state index contributed by atoms with van der Waals surface area (Å²) in [5.41, 5.74) is 1.84. The van der Waals surface area contributed by atoms with Gasteiger partial charge in [0, 0.05) is 17.1 Å². The molecule has 0 amide bonds. The molecule has 0 atom stereocenters. The SMILES string of the molecule is O=C(O)Cn1ccc(-c2ccsc2)n1. The summed E-state index contributed by atoms with van der Waals surface area (Å²) in [5.74, 6) is -0.884. The van der Waals surface area contributed by atoms with Crippen molar-refractivity contribution < 1.29 is 9.90 Å². The van der Waals surface area contributed by atoms with Crippen molar-refractivity contribution in [3.05, 3.63) is 29.1 Å². The van der Waals surface area contributed by atoms with Gasteiger partial charge in [0.25, 0.3) is 0 Å². The molecule has 14 heavy (non-hydrogen) atoms. The highest BCUT2D eigenvalue weighted by atomic mass is 32.1. The predicted octanol–water partition coefficient (Wildman–Crippen LogP) is 1.70. The normalized spacial score (nSPS) is 10.3. The minimum atomic E-state index is -0.884. The van der Waals surface area contributed by atoms with Gasteiger partial charge in [-0.1, -0.05) is 0 Å². The molecule has 0 aliphatic rings. The van der Waals surface area contributed by atoms with Crippen molar-refractivity contribution in [2.45, 2.75) is 6.54 Å². The van der Waals surface area contributed by atoms with Crippen LogP contribution in [0.5, 0.6) is 0 Å². The topological polar surface area (TPSA) is 55.1 Å². The van der Waals surface area contributed by atoms with Gasteiger partial charge in [0.2, 0.25) is 0 Å². The Morgan fingerprint density at radius 2 is 2.43 bits per heavy atom. The zero-order chi connectivity index (χ0) is 9.97. The molecule has 0 fully saturated rings. The first-order chi connectivity index (χ1) is 6.75. The van der Waals surface area contributed by atoms with Crippen LogP contribution < -0.4 is 0 Å². The first-order valence-corrected chi connectivity index (χ1v) is 4.98. The maximum atomic E-state index is 10.4. The second kappa shape index (κ2) is 3.63. The fourth-order valence-electron chi connectivity index (χ4n) is 1.15. The van der Waals surface area contributed by atoms with Gasteiger partial charge in [0.15, 0.2) is 0 Å². The summed E-state index contributed by atoms with van der Waals surface area (Å²) in [7, 11) is 0. The third-order valence-corrected chi connectivity index (χ3v) is 2.44. The smallest absolute Gasteiger partial charge is 0.325 e. The van der Waals surface area contributed by atoms with Gasteiger partial charge in [-0.2, -0.15) is 16.4 Å². The van der Waals surface area contributed by atoms with Crippen molar-refractivity contribution in [3.8, 4) is 11.3 Å². The van der Waals surface area contributed by atoms with E-state index in [1.54, 1.807) is 17.5 Å². The number of aliphatic carboxylic acids is 1. The third kappa shape index (κ3) is 1.82. The molecule has 0 spiro atoms. The summed E-state index contributed by atoms with van der Waals surface area (Å²) in [6.07, 6.45) is 1.67. The van der Waals surface area contributed by atoms with E-state index < -0.39 is 5.97 Å². The number of rotatable bonds is 3. The molecule has 2 heterocycles. The summed E-state index contributed by atoms with van der Waals surface area (Å²) in [6, 6.07) is 3.77. The number of carboxylic acid groups (broad SMARTS) is 1. The molecule has 2 aromatic heterocycles. The Morgan fingerprint density at radius 3 is 3.07 bits per heavy atom. The highest BCUT2D eigenvalue weighted by Gasteiger charge is 2.04. The van der Waals surface area contributed by atoms with Crippen molar-refractivity contribution in [2.75, 3.05) is 0 Å². The Morgan fingerprint density at radius 1 is 1.57 bits per heavy atom. The van der Waals surface area contributed by atoms with Gasteiger partial charge in [0.05, 0.1) is 5.69 Å². The number of thiophene rings is 1. The van der Waals surface area contributed by atoms with Gasteiger partial charge in [-0.15, -0.1) is 0 Å². The monoisotopic (exact) mass is 208 g/mol. The molecule has 1 N–H and O–H groups in total. The molecule has 2 rings (SSSR count). The molecule has 4 nitrogen and oxygen atoms in total. The lowest BCUT2D eigenvalue weighted by Gasteiger charge is -1.94. The number of carboxylic acids is 1. The Hall–Kier alpha value is -1.62. The molecule has 0 aliphatic heterocycles. The van der Waals surface area contributed by atoms with E-state index in [1.165, 1.54) is 4.68 Å². The minimum absolute atomic E-state index is 0.0931. The van der Waals surface area contributed by atoms with Crippen LogP contribution in [0.1, 0.15) is 0 Å². The van der Waals surface area contributed by atoms with E-state index in [0.717, 1.165) is 11.3 Å². The molecule has 72 valence electrons. The Kier molecular flexibility index (Phi) is 2.32. The second-order valence-electron chi connectivity index (χ2n) is 2.80. The van der Waals surface area contributed by atoms with E-state index in [9.17, 15) is 4.79 Å². The van der Waals surface area contributed by atoms with Crippen LogP contribution in [0.2, 0.25) is 0 Å². The van der Waals surface area contributed by atoms with E-state index in [4.69, 9.17) is 5.11 Å². The molecule has 0 radical (unpaired) electrons. The average Bonchev–Trinajstić information content (AvgIpc) is 2.69. The van der Waals surface area contributed by atoms with Crippen molar-refractivity contribution in [3.63, 3.8) is 0 Å². The largest absolute Gasteiger partial charge is 0.480 e. The molecule has 0 aromatic carbocycles. The van der Waals surface area contributed by atoms with Crippen molar-refractivity contribution >= 4 is 17.3 Å². The van der Waals surface area contributed by atoms with Crippen LogP contribution in [-0.2, 0) is 11.3 Å². The summed E-state index contributed by atoms with van der Waals surface area (Å²) < 4.78 is 1.41. The number of hydrogen-bond acceptors (Lipinski definition) is 3. The molecule has 0 aliphatic carbocycles. The van der Waals surface area contributed by atoms with E-state index in [0.29, 0.717) is 0 Å². The van der Waals surface area contributed by atoms with Crippen molar-refractivity contribution in [1.29, 1.82) is 0 Å². The Bertz CT molecular complexity index is 433. The summed E-state index contributed by atoms with van der Waals surface area (Å²) in [6.45, 7) is -0.0931. The third-order valence-electron chi connectivity index (χ3n) is 1.75. The van der Waals surface area contributed by atoms with Gasteiger partial charge >= 0.3 is 5.97 Å². The van der Waals surface area contributed by atoms with Crippen LogP contribution in [0, 0.1) is 0 Å². The van der Waals surface area contributed by atoms with Gasteiger partial charge in [-0.3, -0.25) is 9.48 Å². The lowest BCUT2D eigenvalue weighted by atomic mass is 10.2. The standard InChI is InChI=1S/C9H8N2O2S/c12-9(13)5-11-3-1-8(10-11)7-2-4-14-6-7/h1-4,6H,5H2,(H,12,13). The number of hydrogen-bond donors (Lipinski definition) is 1. The van der Waals surface area contributed by atoms with Crippen LogP contribution in [0.25, 0.3) is 11.3 Å². The van der Waals surface area contributed by atoms with Crippen LogP contribution >= 0.6 is 11.3 Å². The lowest BCUT2D eigenvalue weighted by molar-refractivity contribution is -0.137. The summed E-state index contributed by atoms with van der Waals surface area (Å²) in [5, 5.41) is 16.6. The first kappa shape index (κ1) is 8.96. The number of aromatic nitrogens is 2. The predicted molar refractivity (Wildman–Crippen MR) is 53.2 cm³/mol. The fraction of sp³-hybridized carbons (Fsp3) is 0.111. The van der Waals surface area contributed by atoms with Crippen LogP contribution in [0.4, 0.5) is 0 Å². The Labute approximate surface area is 84.4 Å². The van der Waals surface area contributed by atoms with E-state index in [-0.39, 0.29) is 6.54 Å². The lowest BCUT2D eigenvalue weighted by Crippen LogP contribution is -2.08. The quantitative estimate of drug-likeness (QED) is 0.835. The molecule has 5 heteroatoms. The van der Waals surface area contributed by atoms with Crippen LogP contribution in [0.15, 0.2) is 29.1 Å². The molecule has 0 unspecified atom stereocenters. The summed E-state index contributed by atoms with van der Waals surface area (Å²) in [4.78, 5) is 10.4. The molecule has 0 saturated carbocycles. The van der Waals surface area contributed by atoms with Gasteiger partial charge in [-0.25, -0.2) is 0 Å². The zero-order valence-corrected chi connectivity index (χ0v) is 8.07. The van der Waals surface area contributed by atoms with E-state index in [1.807, 2.05) is 22.9 Å². The number of nitrogens with zero attached hydrogens (tertiary/aromatic N) is 2. The zero-order valence-electron chi connectivity index (χ0n) is 7.25. The second-order valence-corrected chi connectivity index (χ2v) is 3.58. The summed E-state index contributed by atoms with van der Waals surface area (Å²) >= 11 is 1.59. The Balaban J connectivity index is 2.22. The van der Waals surface area contributed by atoms with E-state index >= 15 is 0 Å². The average molecular weight is 208 g/mol. The maximum absolute atomic E-state index is 10.4.